The first kappa shape index (κ1) is 19.4. The van der Waals surface area contributed by atoms with Crippen LogP contribution in [-0.4, -0.2) is 22.5 Å². The molecule has 0 aliphatic rings. The quantitative estimate of drug-likeness (QED) is 0.521. The third-order valence-electron chi connectivity index (χ3n) is 3.99. The van der Waals surface area contributed by atoms with Gasteiger partial charge in [0.2, 0.25) is 0 Å². The average Bonchev–Trinajstić information content (AvgIpc) is 2.68. The van der Waals surface area contributed by atoms with Crippen LogP contribution in [-0.2, 0) is 0 Å². The van der Waals surface area contributed by atoms with Crippen molar-refractivity contribution in [3.05, 3.63) is 104 Å². The van der Waals surface area contributed by atoms with Crippen molar-refractivity contribution in [3.8, 4) is 0 Å². The van der Waals surface area contributed by atoms with Gasteiger partial charge >= 0.3 is 6.16 Å². The number of hydrogen-bond donors (Lipinski definition) is 2. The Bertz CT molecular complexity index is 717. The van der Waals surface area contributed by atoms with Crippen molar-refractivity contribution in [1.82, 2.24) is 0 Å². The molecule has 0 bridgehead atoms. The molecule has 3 aromatic rings. The highest BCUT2D eigenvalue weighted by molar-refractivity contribution is 7.95. The van der Waals surface area contributed by atoms with Crippen molar-refractivity contribution >= 4 is 29.3 Å². The zero-order valence-corrected chi connectivity index (χ0v) is 15.3. The summed E-state index contributed by atoms with van der Waals surface area (Å²) < 4.78 is 0. The number of carbonyl (C=O) groups is 1. The summed E-state index contributed by atoms with van der Waals surface area (Å²) in [5.41, 5.74) is 0. The van der Waals surface area contributed by atoms with E-state index >= 15 is 0 Å². The Labute approximate surface area is 154 Å². The predicted molar refractivity (Wildman–Crippen MR) is 111 cm³/mol. The van der Waals surface area contributed by atoms with Gasteiger partial charge in [-0.25, -0.2) is 4.79 Å². The molecule has 0 fully saturated rings. The smallest absolute Gasteiger partial charge is 0.450 e. The molecule has 2 N–H and O–H groups in total. The highest BCUT2D eigenvalue weighted by Gasteiger charge is 2.43. The van der Waals surface area contributed by atoms with Crippen molar-refractivity contribution < 1.29 is 15.0 Å². The summed E-state index contributed by atoms with van der Waals surface area (Å²) >= 11 is 0. The largest absolute Gasteiger partial charge is 0.503 e. The molecular formula is C22H22O3P+. The fourth-order valence-electron chi connectivity index (χ4n) is 3.00. The van der Waals surface area contributed by atoms with E-state index in [0.29, 0.717) is 0 Å². The van der Waals surface area contributed by atoms with E-state index in [0.717, 1.165) is 6.16 Å². The van der Waals surface area contributed by atoms with E-state index in [1.165, 1.54) is 15.9 Å². The number of rotatable bonds is 5. The average molecular weight is 365 g/mol. The molecule has 3 aromatic carbocycles. The van der Waals surface area contributed by atoms with Crippen molar-refractivity contribution in [2.24, 2.45) is 0 Å². The first-order valence-corrected chi connectivity index (χ1v) is 10.2. The Morgan fingerprint density at radius 1 is 0.731 bits per heavy atom. The number of allylic oxidation sites excluding steroid dienone is 1. The molecule has 3 rings (SSSR count). The highest BCUT2D eigenvalue weighted by Crippen LogP contribution is 2.55. The number of carboxylic acid groups (broad SMARTS) is 2. The van der Waals surface area contributed by atoms with Crippen LogP contribution in [0.2, 0.25) is 0 Å². The van der Waals surface area contributed by atoms with Crippen LogP contribution < -0.4 is 15.9 Å². The van der Waals surface area contributed by atoms with Gasteiger partial charge in [-0.05, 0) is 36.4 Å². The summed E-state index contributed by atoms with van der Waals surface area (Å²) in [5, 5.41) is 18.2. The van der Waals surface area contributed by atoms with Gasteiger partial charge in [0.15, 0.2) is 0 Å². The Kier molecular flexibility index (Phi) is 7.13. The normalized spacial score (nSPS) is 10.3. The molecule has 0 spiro atoms. The minimum absolute atomic E-state index is 0.977. The van der Waals surface area contributed by atoms with Crippen LogP contribution in [0, 0.1) is 0 Å². The molecule has 0 heterocycles. The van der Waals surface area contributed by atoms with Gasteiger partial charge in [-0.15, -0.1) is 0 Å². The number of benzene rings is 3. The Balaban J connectivity index is 0.000000552. The lowest BCUT2D eigenvalue weighted by atomic mass is 10.4. The van der Waals surface area contributed by atoms with Crippen LogP contribution in [0.25, 0.3) is 0 Å². The SMILES string of the molecule is C=CC[P+](c1ccccc1)(c1ccccc1)c1ccccc1.O=C(O)O. The van der Waals surface area contributed by atoms with E-state index in [2.05, 4.69) is 104 Å². The van der Waals surface area contributed by atoms with Crippen molar-refractivity contribution in [2.45, 2.75) is 0 Å². The van der Waals surface area contributed by atoms with E-state index in [1.54, 1.807) is 0 Å². The molecule has 0 radical (unpaired) electrons. The van der Waals surface area contributed by atoms with Crippen molar-refractivity contribution in [1.29, 1.82) is 0 Å². The molecule has 3 nitrogen and oxygen atoms in total. The summed E-state index contributed by atoms with van der Waals surface area (Å²) in [5.74, 6) is 0. The lowest BCUT2D eigenvalue weighted by molar-refractivity contribution is 0.137. The fourth-order valence-corrected chi connectivity index (χ4v) is 6.96. The van der Waals surface area contributed by atoms with Gasteiger partial charge in [-0.1, -0.05) is 67.3 Å². The Morgan fingerprint density at radius 3 is 1.23 bits per heavy atom. The van der Waals surface area contributed by atoms with Crippen LogP contribution in [0.15, 0.2) is 104 Å². The molecule has 0 aromatic heterocycles. The summed E-state index contributed by atoms with van der Waals surface area (Å²) in [6, 6.07) is 32.7. The van der Waals surface area contributed by atoms with Gasteiger partial charge in [0.1, 0.15) is 23.2 Å². The summed E-state index contributed by atoms with van der Waals surface area (Å²) in [4.78, 5) is 8.56. The third kappa shape index (κ3) is 4.59. The molecule has 0 aliphatic carbocycles. The fraction of sp³-hybridized carbons (Fsp3) is 0.0455. The maximum atomic E-state index is 8.56. The van der Waals surface area contributed by atoms with Crippen LogP contribution >= 0.6 is 7.26 Å². The molecule has 0 amide bonds. The van der Waals surface area contributed by atoms with Crippen LogP contribution in [0.3, 0.4) is 0 Å². The summed E-state index contributed by atoms with van der Waals surface area (Å²) in [6.45, 7) is 4.05. The minimum atomic E-state index is -1.83. The van der Waals surface area contributed by atoms with Crippen molar-refractivity contribution in [3.63, 3.8) is 0 Å². The first-order valence-electron chi connectivity index (χ1n) is 8.19. The second-order valence-corrected chi connectivity index (χ2v) is 9.10. The van der Waals surface area contributed by atoms with Gasteiger partial charge in [0.05, 0.1) is 6.16 Å². The molecule has 132 valence electrons. The van der Waals surface area contributed by atoms with Crippen molar-refractivity contribution in [2.75, 3.05) is 6.16 Å². The van der Waals surface area contributed by atoms with E-state index in [9.17, 15) is 0 Å². The maximum Gasteiger partial charge on any atom is 0.503 e. The van der Waals surface area contributed by atoms with Crippen LogP contribution in [0.1, 0.15) is 0 Å². The zero-order chi connectivity index (χ0) is 18.8. The van der Waals surface area contributed by atoms with Gasteiger partial charge in [-0.2, -0.15) is 0 Å². The summed E-state index contributed by atoms with van der Waals surface area (Å²) in [7, 11) is -1.67. The van der Waals surface area contributed by atoms with Gasteiger partial charge < -0.3 is 10.2 Å². The second-order valence-electron chi connectivity index (χ2n) is 5.57. The Hall–Kier alpha value is -2.90. The molecule has 0 saturated heterocycles. The molecule has 0 atom stereocenters. The highest BCUT2D eigenvalue weighted by atomic mass is 31.2. The van der Waals surface area contributed by atoms with E-state index in [4.69, 9.17) is 15.0 Å². The van der Waals surface area contributed by atoms with Crippen LogP contribution in [0.5, 0.6) is 0 Å². The Morgan fingerprint density at radius 2 is 1.00 bits per heavy atom. The van der Waals surface area contributed by atoms with E-state index in [-0.39, 0.29) is 0 Å². The lowest BCUT2D eigenvalue weighted by Gasteiger charge is -2.26. The molecule has 0 aliphatic heterocycles. The molecular weight excluding hydrogens is 343 g/mol. The third-order valence-corrected chi connectivity index (χ3v) is 8.34. The van der Waals surface area contributed by atoms with E-state index < -0.39 is 13.4 Å². The predicted octanol–water partition coefficient (Wildman–Crippen LogP) is 4.39. The summed E-state index contributed by atoms with van der Waals surface area (Å²) in [6.07, 6.45) is 1.21. The van der Waals surface area contributed by atoms with E-state index in [1.807, 2.05) is 0 Å². The minimum Gasteiger partial charge on any atom is -0.450 e. The lowest BCUT2D eigenvalue weighted by Crippen LogP contribution is -2.32. The zero-order valence-electron chi connectivity index (χ0n) is 14.4. The molecule has 26 heavy (non-hydrogen) atoms. The molecule has 0 unspecified atom stereocenters. The number of hydrogen-bond acceptors (Lipinski definition) is 1. The monoisotopic (exact) mass is 365 g/mol. The molecule has 0 saturated carbocycles. The standard InChI is InChI=1S/C21H20P.CH2O3/c1-2-18-22(19-12-6-3-7-13-19,20-14-8-4-9-15-20)21-16-10-5-11-17-21;2-1(3)4/h2-17H,1,18H2;(H2,2,3,4)/q+1;. The second kappa shape index (κ2) is 9.55. The van der Waals surface area contributed by atoms with Gasteiger partial charge in [0, 0.05) is 0 Å². The van der Waals surface area contributed by atoms with Gasteiger partial charge in [0.25, 0.3) is 0 Å². The van der Waals surface area contributed by atoms with Crippen LogP contribution in [0.4, 0.5) is 4.79 Å². The molecule has 4 heteroatoms. The topological polar surface area (TPSA) is 57.5 Å². The first-order chi connectivity index (χ1) is 12.6. The maximum absolute atomic E-state index is 8.56. The van der Waals surface area contributed by atoms with Gasteiger partial charge in [-0.3, -0.25) is 0 Å².